The summed E-state index contributed by atoms with van der Waals surface area (Å²) in [6, 6.07) is 0. The zero-order chi connectivity index (χ0) is 12.6. The fraction of sp³-hybridized carbons (Fsp3) is 0.917. The van der Waals surface area contributed by atoms with Crippen molar-refractivity contribution in [3.8, 4) is 0 Å². The Labute approximate surface area is 98.7 Å². The lowest BCUT2D eigenvalue weighted by atomic mass is 9.90. The highest BCUT2D eigenvalue weighted by Crippen LogP contribution is 2.18. The molecule has 0 atom stereocenters. The molecule has 0 fully saturated rings. The Morgan fingerprint density at radius 3 is 2.50 bits per heavy atom. The first-order chi connectivity index (χ1) is 7.37. The van der Waals surface area contributed by atoms with Crippen LogP contribution in [0.3, 0.4) is 0 Å². The van der Waals surface area contributed by atoms with Crippen LogP contribution >= 0.6 is 0 Å². The van der Waals surface area contributed by atoms with Crippen molar-refractivity contribution in [2.24, 2.45) is 5.41 Å². The van der Waals surface area contributed by atoms with E-state index in [1.54, 1.807) is 7.11 Å². The van der Waals surface area contributed by atoms with Crippen molar-refractivity contribution in [2.75, 3.05) is 26.9 Å². The summed E-state index contributed by atoms with van der Waals surface area (Å²) in [5.74, 6) is -0.0563. The molecule has 0 aromatic heterocycles. The van der Waals surface area contributed by atoms with Crippen LogP contribution in [0.1, 0.15) is 34.1 Å². The van der Waals surface area contributed by atoms with Crippen LogP contribution < -0.4 is 5.32 Å². The molecule has 0 saturated carbocycles. The van der Waals surface area contributed by atoms with E-state index >= 15 is 0 Å². The maximum absolute atomic E-state index is 11.4. The molecule has 0 aromatic carbocycles. The molecule has 4 heteroatoms. The maximum atomic E-state index is 11.4. The van der Waals surface area contributed by atoms with Gasteiger partial charge in [-0.15, -0.1) is 0 Å². The lowest BCUT2D eigenvalue weighted by molar-refractivity contribution is -0.127. The van der Waals surface area contributed by atoms with Gasteiger partial charge in [-0.3, -0.25) is 4.79 Å². The van der Waals surface area contributed by atoms with Crippen molar-refractivity contribution >= 4 is 5.91 Å². The molecule has 4 nitrogen and oxygen atoms in total. The molecule has 0 saturated heterocycles. The summed E-state index contributed by atoms with van der Waals surface area (Å²) in [4.78, 5) is 11.4. The number of rotatable bonds is 8. The molecule has 0 spiro atoms. The number of carbonyl (C=O) groups is 1. The molecule has 0 aliphatic rings. The van der Waals surface area contributed by atoms with Crippen LogP contribution in [0.4, 0.5) is 0 Å². The molecular formula is C12H25NO3. The normalized spacial score (nSPS) is 11.9. The van der Waals surface area contributed by atoms with Gasteiger partial charge in [-0.05, 0) is 25.7 Å². The molecule has 0 heterocycles. The van der Waals surface area contributed by atoms with Gasteiger partial charge in [0.05, 0.1) is 6.10 Å². The van der Waals surface area contributed by atoms with Crippen LogP contribution in [0.15, 0.2) is 0 Å². The third kappa shape index (κ3) is 8.68. The van der Waals surface area contributed by atoms with E-state index < -0.39 is 0 Å². The Balaban J connectivity index is 3.72. The molecule has 96 valence electrons. The molecule has 1 N–H and O–H groups in total. The molecule has 1 amide bonds. The summed E-state index contributed by atoms with van der Waals surface area (Å²) in [5.41, 5.74) is 0.0590. The minimum atomic E-state index is -0.0563. The highest BCUT2D eigenvalue weighted by Gasteiger charge is 2.18. The number of methoxy groups -OCH3 is 1. The van der Waals surface area contributed by atoms with Crippen molar-refractivity contribution in [3.63, 3.8) is 0 Å². The second-order valence-electron chi connectivity index (χ2n) is 5.04. The largest absolute Gasteiger partial charge is 0.385 e. The average Bonchev–Trinajstić information content (AvgIpc) is 2.21. The van der Waals surface area contributed by atoms with Gasteiger partial charge >= 0.3 is 0 Å². The van der Waals surface area contributed by atoms with E-state index in [-0.39, 0.29) is 24.0 Å². The van der Waals surface area contributed by atoms with E-state index in [0.29, 0.717) is 13.2 Å². The molecule has 0 radical (unpaired) electrons. The highest BCUT2D eigenvalue weighted by molar-refractivity contribution is 5.77. The number of hydrogen-bond acceptors (Lipinski definition) is 3. The van der Waals surface area contributed by atoms with Crippen molar-refractivity contribution in [3.05, 3.63) is 0 Å². The van der Waals surface area contributed by atoms with Gasteiger partial charge < -0.3 is 14.8 Å². The zero-order valence-corrected chi connectivity index (χ0v) is 11.1. The number of hydrogen-bond donors (Lipinski definition) is 1. The van der Waals surface area contributed by atoms with Gasteiger partial charge in [-0.1, -0.05) is 13.8 Å². The van der Waals surface area contributed by atoms with Crippen LogP contribution in [0.2, 0.25) is 0 Å². The van der Waals surface area contributed by atoms with Crippen LogP contribution in [0.5, 0.6) is 0 Å². The second-order valence-corrected chi connectivity index (χ2v) is 5.04. The predicted molar refractivity (Wildman–Crippen MR) is 64.4 cm³/mol. The predicted octanol–water partition coefficient (Wildman–Crippen LogP) is 1.59. The van der Waals surface area contributed by atoms with Gasteiger partial charge in [0.15, 0.2) is 0 Å². The molecule has 0 aliphatic heterocycles. The maximum Gasteiger partial charge on any atom is 0.246 e. The van der Waals surface area contributed by atoms with E-state index in [0.717, 1.165) is 6.42 Å². The molecule has 0 bridgehead atoms. The third-order valence-electron chi connectivity index (χ3n) is 2.29. The fourth-order valence-electron chi connectivity index (χ4n) is 1.10. The van der Waals surface area contributed by atoms with E-state index in [1.165, 1.54) is 0 Å². The lowest BCUT2D eigenvalue weighted by Gasteiger charge is -2.24. The van der Waals surface area contributed by atoms with Gasteiger partial charge in [-0.2, -0.15) is 0 Å². The number of ether oxygens (including phenoxy) is 2. The summed E-state index contributed by atoms with van der Waals surface area (Å²) in [6.07, 6.45) is 1.02. The zero-order valence-electron chi connectivity index (χ0n) is 11.1. The minimum Gasteiger partial charge on any atom is -0.385 e. The van der Waals surface area contributed by atoms with Gasteiger partial charge in [0.2, 0.25) is 5.91 Å². The van der Waals surface area contributed by atoms with E-state index in [4.69, 9.17) is 9.47 Å². The summed E-state index contributed by atoms with van der Waals surface area (Å²) < 4.78 is 10.2. The summed E-state index contributed by atoms with van der Waals surface area (Å²) >= 11 is 0. The standard InChI is InChI=1S/C12H25NO3/c1-10(2)16-8-11(14)13-9-12(3,4)6-7-15-5/h10H,6-9H2,1-5H3,(H,13,14). The monoisotopic (exact) mass is 231 g/mol. The topological polar surface area (TPSA) is 47.6 Å². The van der Waals surface area contributed by atoms with Crippen LogP contribution in [-0.2, 0) is 14.3 Å². The second kappa shape index (κ2) is 7.63. The van der Waals surface area contributed by atoms with E-state index in [9.17, 15) is 4.79 Å². The lowest BCUT2D eigenvalue weighted by Crippen LogP contribution is -2.37. The molecule has 0 aliphatic carbocycles. The number of nitrogens with one attached hydrogen (secondary N) is 1. The summed E-state index contributed by atoms with van der Waals surface area (Å²) in [7, 11) is 1.69. The molecule has 0 rings (SSSR count). The minimum absolute atomic E-state index is 0.0563. The Kier molecular flexibility index (Phi) is 7.34. The van der Waals surface area contributed by atoms with Crippen molar-refractivity contribution in [1.29, 1.82) is 0 Å². The first-order valence-electron chi connectivity index (χ1n) is 5.74. The van der Waals surface area contributed by atoms with Gasteiger partial charge in [0.25, 0.3) is 0 Å². The third-order valence-corrected chi connectivity index (χ3v) is 2.29. The van der Waals surface area contributed by atoms with Crippen molar-refractivity contribution in [2.45, 2.75) is 40.2 Å². The van der Waals surface area contributed by atoms with Crippen molar-refractivity contribution in [1.82, 2.24) is 5.32 Å². The Bertz CT molecular complexity index is 202. The van der Waals surface area contributed by atoms with E-state index in [1.807, 2.05) is 13.8 Å². The fourth-order valence-corrected chi connectivity index (χ4v) is 1.10. The molecule has 0 aromatic rings. The van der Waals surface area contributed by atoms with E-state index in [2.05, 4.69) is 19.2 Å². The SMILES string of the molecule is COCCC(C)(C)CNC(=O)COC(C)C. The summed E-state index contributed by atoms with van der Waals surface area (Å²) in [6.45, 7) is 9.54. The average molecular weight is 231 g/mol. The number of amides is 1. The van der Waals surface area contributed by atoms with Gasteiger partial charge in [-0.25, -0.2) is 0 Å². The quantitative estimate of drug-likeness (QED) is 0.690. The Morgan fingerprint density at radius 1 is 1.38 bits per heavy atom. The number of carbonyl (C=O) groups excluding carboxylic acids is 1. The Hall–Kier alpha value is -0.610. The summed E-state index contributed by atoms with van der Waals surface area (Å²) in [5, 5.41) is 2.87. The molecule has 16 heavy (non-hydrogen) atoms. The van der Waals surface area contributed by atoms with Crippen LogP contribution in [0.25, 0.3) is 0 Å². The van der Waals surface area contributed by atoms with Gasteiger partial charge in [0, 0.05) is 20.3 Å². The smallest absolute Gasteiger partial charge is 0.246 e. The van der Waals surface area contributed by atoms with Crippen molar-refractivity contribution < 1.29 is 14.3 Å². The molecule has 0 unspecified atom stereocenters. The first kappa shape index (κ1) is 15.4. The first-order valence-corrected chi connectivity index (χ1v) is 5.74. The highest BCUT2D eigenvalue weighted by atomic mass is 16.5. The molecular weight excluding hydrogens is 206 g/mol. The van der Waals surface area contributed by atoms with Crippen LogP contribution in [0, 0.1) is 5.41 Å². The van der Waals surface area contributed by atoms with Gasteiger partial charge in [0.1, 0.15) is 6.61 Å². The van der Waals surface area contributed by atoms with Crippen LogP contribution in [-0.4, -0.2) is 38.9 Å². The Morgan fingerprint density at radius 2 is 2.00 bits per heavy atom.